The number of fused-ring (bicyclic) bond motifs is 1. The number of carbonyl (C=O) groups is 1. The van der Waals surface area contributed by atoms with Crippen LogP contribution >= 0.6 is 28.3 Å². The number of rotatable bonds is 2. The molecular weight excluding hydrogens is 408 g/mol. The van der Waals surface area contributed by atoms with E-state index in [1.54, 1.807) is 0 Å². The lowest BCUT2D eigenvalue weighted by Crippen LogP contribution is -2.53. The number of carbonyl (C=O) groups excluding carboxylic acids is 1. The molecule has 4 unspecified atom stereocenters. The lowest BCUT2D eigenvalue weighted by molar-refractivity contribution is -0.142. The van der Waals surface area contributed by atoms with Crippen LogP contribution in [0.4, 0.5) is 0 Å². The molecule has 4 rings (SSSR count). The summed E-state index contributed by atoms with van der Waals surface area (Å²) in [5, 5.41) is 3.40. The first kappa shape index (κ1) is 19.1. The largest absolute Gasteiger partial charge is 0.370 e. The molecule has 1 amide bonds. The van der Waals surface area contributed by atoms with Crippen molar-refractivity contribution < 1.29 is 9.53 Å². The Morgan fingerprint density at radius 3 is 3.04 bits per heavy atom. The van der Waals surface area contributed by atoms with Crippen molar-refractivity contribution in [2.75, 3.05) is 32.8 Å². The molecule has 3 N–H and O–H groups in total. The summed E-state index contributed by atoms with van der Waals surface area (Å²) in [5.74, 6) is 0.500. The molecule has 3 fully saturated rings. The van der Waals surface area contributed by atoms with E-state index in [1.807, 2.05) is 17.0 Å². The van der Waals surface area contributed by atoms with Gasteiger partial charge >= 0.3 is 0 Å². The lowest BCUT2D eigenvalue weighted by Gasteiger charge is -2.36. The fraction of sp³-hybridized carbons (Fsp3) is 0.588. The van der Waals surface area contributed by atoms with Gasteiger partial charge in [-0.2, -0.15) is 0 Å². The van der Waals surface area contributed by atoms with Crippen LogP contribution in [0.2, 0.25) is 0 Å². The molecule has 3 heterocycles. The first-order valence-corrected chi connectivity index (χ1v) is 9.39. The second kappa shape index (κ2) is 8.33. The Kier molecular flexibility index (Phi) is 6.35. The first-order valence-electron chi connectivity index (χ1n) is 8.60. The minimum Gasteiger partial charge on any atom is -0.370 e. The van der Waals surface area contributed by atoms with Crippen molar-refractivity contribution in [1.29, 1.82) is 0 Å². The summed E-state index contributed by atoms with van der Waals surface area (Å²) in [6.45, 7) is 3.75. The SMILES string of the molecule is Cl.O=C(C1NNC2CCNCC21)N1CCOC(c2cccc(Br)c2)C1. The normalized spacial score (nSPS) is 32.0. The van der Waals surface area contributed by atoms with E-state index >= 15 is 0 Å². The van der Waals surface area contributed by atoms with Crippen molar-refractivity contribution in [2.24, 2.45) is 5.92 Å². The van der Waals surface area contributed by atoms with Gasteiger partial charge in [0.15, 0.2) is 0 Å². The molecule has 6 nitrogen and oxygen atoms in total. The number of amides is 1. The van der Waals surface area contributed by atoms with Gasteiger partial charge in [0, 0.05) is 29.5 Å². The number of hydrogen-bond acceptors (Lipinski definition) is 5. The van der Waals surface area contributed by atoms with E-state index in [1.165, 1.54) is 0 Å². The molecule has 1 aromatic carbocycles. The molecule has 0 saturated carbocycles. The Balaban J connectivity index is 0.00000182. The van der Waals surface area contributed by atoms with Crippen LogP contribution in [-0.4, -0.2) is 55.7 Å². The average molecular weight is 432 g/mol. The number of halogens is 2. The third-order valence-corrected chi connectivity index (χ3v) is 5.74. The van der Waals surface area contributed by atoms with Crippen molar-refractivity contribution in [3.05, 3.63) is 34.3 Å². The summed E-state index contributed by atoms with van der Waals surface area (Å²) in [6, 6.07) is 8.37. The van der Waals surface area contributed by atoms with Crippen LogP contribution in [0.3, 0.4) is 0 Å². The van der Waals surface area contributed by atoms with Gasteiger partial charge in [-0.05, 0) is 30.7 Å². The average Bonchev–Trinajstić information content (AvgIpc) is 3.05. The van der Waals surface area contributed by atoms with Crippen LogP contribution in [0.25, 0.3) is 0 Å². The predicted octanol–water partition coefficient (Wildman–Crippen LogP) is 1.23. The maximum absolute atomic E-state index is 13.0. The Labute approximate surface area is 162 Å². The van der Waals surface area contributed by atoms with Crippen LogP contribution in [0.15, 0.2) is 28.7 Å². The maximum atomic E-state index is 13.0. The number of ether oxygens (including phenoxy) is 1. The van der Waals surface area contributed by atoms with Gasteiger partial charge in [0.05, 0.1) is 13.2 Å². The minimum absolute atomic E-state index is 0. The molecule has 3 aliphatic heterocycles. The predicted molar refractivity (Wildman–Crippen MR) is 101 cm³/mol. The number of hydrogen-bond donors (Lipinski definition) is 3. The molecule has 3 aliphatic rings. The van der Waals surface area contributed by atoms with Crippen molar-refractivity contribution >= 4 is 34.2 Å². The lowest BCUT2D eigenvalue weighted by atomic mass is 9.88. The zero-order valence-corrected chi connectivity index (χ0v) is 16.3. The number of piperidine rings is 1. The van der Waals surface area contributed by atoms with Gasteiger partial charge in [0.2, 0.25) is 5.91 Å². The molecule has 0 spiro atoms. The molecule has 4 atom stereocenters. The standard InChI is InChI=1S/C17H23BrN4O2.ClH/c18-12-3-1-2-11(8-12)15-10-22(6-7-24-15)17(23)16-13-9-19-5-4-14(13)20-21-16;/h1-3,8,13-16,19-21H,4-7,9-10H2;1H. The highest BCUT2D eigenvalue weighted by molar-refractivity contribution is 9.10. The Morgan fingerprint density at radius 1 is 1.32 bits per heavy atom. The fourth-order valence-corrected chi connectivity index (χ4v) is 4.33. The monoisotopic (exact) mass is 430 g/mol. The number of morpholine rings is 1. The highest BCUT2D eigenvalue weighted by Gasteiger charge is 2.43. The molecule has 8 heteroatoms. The number of hydrazine groups is 1. The topological polar surface area (TPSA) is 65.6 Å². The van der Waals surface area contributed by atoms with Gasteiger partial charge in [0.1, 0.15) is 12.1 Å². The van der Waals surface area contributed by atoms with E-state index in [4.69, 9.17) is 4.74 Å². The Bertz CT molecular complexity index is 620. The van der Waals surface area contributed by atoms with Crippen LogP contribution in [-0.2, 0) is 9.53 Å². The molecule has 1 aromatic rings. The Morgan fingerprint density at radius 2 is 2.20 bits per heavy atom. The van der Waals surface area contributed by atoms with Crippen molar-refractivity contribution in [1.82, 2.24) is 21.1 Å². The minimum atomic E-state index is -0.149. The molecule has 0 aromatic heterocycles. The molecule has 3 saturated heterocycles. The summed E-state index contributed by atoms with van der Waals surface area (Å²) < 4.78 is 6.94. The van der Waals surface area contributed by atoms with E-state index in [0.717, 1.165) is 29.5 Å². The van der Waals surface area contributed by atoms with E-state index in [0.29, 0.717) is 31.7 Å². The number of nitrogens with zero attached hydrogens (tertiary/aromatic N) is 1. The van der Waals surface area contributed by atoms with E-state index < -0.39 is 0 Å². The van der Waals surface area contributed by atoms with Gasteiger partial charge in [-0.25, -0.2) is 5.43 Å². The van der Waals surface area contributed by atoms with Gasteiger partial charge < -0.3 is 15.0 Å². The Hall–Kier alpha value is -0.700. The summed E-state index contributed by atoms with van der Waals surface area (Å²) in [5.41, 5.74) is 7.64. The maximum Gasteiger partial charge on any atom is 0.241 e. The zero-order valence-electron chi connectivity index (χ0n) is 13.9. The van der Waals surface area contributed by atoms with Crippen molar-refractivity contribution in [2.45, 2.75) is 24.6 Å². The van der Waals surface area contributed by atoms with Gasteiger partial charge in [-0.15, -0.1) is 12.4 Å². The smallest absolute Gasteiger partial charge is 0.241 e. The quantitative estimate of drug-likeness (QED) is 0.657. The van der Waals surface area contributed by atoms with Gasteiger partial charge in [0.25, 0.3) is 0 Å². The molecular formula is C17H24BrClN4O2. The summed E-state index contributed by atoms with van der Waals surface area (Å²) in [6.07, 6.45) is 1.00. The third-order valence-electron chi connectivity index (χ3n) is 5.25. The zero-order chi connectivity index (χ0) is 16.5. The van der Waals surface area contributed by atoms with E-state index in [9.17, 15) is 4.79 Å². The van der Waals surface area contributed by atoms with Gasteiger partial charge in [-0.1, -0.05) is 28.1 Å². The third kappa shape index (κ3) is 4.02. The van der Waals surface area contributed by atoms with Crippen LogP contribution < -0.4 is 16.2 Å². The highest BCUT2D eigenvalue weighted by atomic mass is 79.9. The van der Waals surface area contributed by atoms with Crippen LogP contribution in [0, 0.1) is 5.92 Å². The second-order valence-electron chi connectivity index (χ2n) is 6.73. The fourth-order valence-electron chi connectivity index (χ4n) is 3.92. The van der Waals surface area contributed by atoms with E-state index in [2.05, 4.69) is 44.2 Å². The first-order chi connectivity index (χ1) is 11.7. The summed E-state index contributed by atoms with van der Waals surface area (Å²) in [7, 11) is 0. The molecule has 0 radical (unpaired) electrons. The van der Waals surface area contributed by atoms with Crippen LogP contribution in [0.1, 0.15) is 18.1 Å². The second-order valence-corrected chi connectivity index (χ2v) is 7.64. The van der Waals surface area contributed by atoms with Gasteiger partial charge in [-0.3, -0.25) is 10.2 Å². The van der Waals surface area contributed by atoms with Crippen molar-refractivity contribution in [3.8, 4) is 0 Å². The summed E-state index contributed by atoms with van der Waals surface area (Å²) in [4.78, 5) is 15.0. The molecule has 0 bridgehead atoms. The molecule has 0 aliphatic carbocycles. The molecule has 138 valence electrons. The molecule has 25 heavy (non-hydrogen) atoms. The van der Waals surface area contributed by atoms with Crippen LogP contribution in [0.5, 0.6) is 0 Å². The number of benzene rings is 1. The highest BCUT2D eigenvalue weighted by Crippen LogP contribution is 2.27. The van der Waals surface area contributed by atoms with E-state index in [-0.39, 0.29) is 30.5 Å². The van der Waals surface area contributed by atoms with Crippen molar-refractivity contribution in [3.63, 3.8) is 0 Å². The summed E-state index contributed by atoms with van der Waals surface area (Å²) >= 11 is 3.50. The number of nitrogens with one attached hydrogen (secondary N) is 3.